The van der Waals surface area contributed by atoms with Crippen LogP contribution in [0.1, 0.15) is 26.7 Å². The highest BCUT2D eigenvalue weighted by Gasteiger charge is 2.29. The third-order valence-corrected chi connectivity index (χ3v) is 5.10. The molecule has 2 rings (SSSR count). The van der Waals surface area contributed by atoms with E-state index < -0.39 is 0 Å². The zero-order valence-electron chi connectivity index (χ0n) is 12.8. The second kappa shape index (κ2) is 6.83. The lowest BCUT2D eigenvalue weighted by Crippen LogP contribution is -2.45. The molecule has 0 aromatic heterocycles. The Balaban J connectivity index is 1.96. The molecule has 0 saturated carbocycles. The zero-order chi connectivity index (χ0) is 14.6. The Morgan fingerprint density at radius 2 is 2.20 bits per heavy atom. The van der Waals surface area contributed by atoms with E-state index >= 15 is 0 Å². The highest BCUT2D eigenvalue weighted by molar-refractivity contribution is 7.99. The minimum absolute atomic E-state index is 0.0746. The second-order valence-corrected chi connectivity index (χ2v) is 6.87. The molecule has 0 amide bonds. The molecular weight excluding hydrogens is 270 g/mol. The molecule has 0 aliphatic carbocycles. The molecule has 1 aliphatic heterocycles. The van der Waals surface area contributed by atoms with Crippen molar-refractivity contribution in [2.75, 3.05) is 19.9 Å². The Morgan fingerprint density at radius 1 is 1.45 bits per heavy atom. The van der Waals surface area contributed by atoms with Crippen molar-refractivity contribution in [1.29, 1.82) is 0 Å². The lowest BCUT2D eigenvalue weighted by Gasteiger charge is -2.33. The van der Waals surface area contributed by atoms with Crippen LogP contribution in [-0.2, 0) is 4.74 Å². The van der Waals surface area contributed by atoms with Crippen LogP contribution in [0.5, 0.6) is 5.75 Å². The highest BCUT2D eigenvalue weighted by atomic mass is 32.2. The van der Waals surface area contributed by atoms with Crippen molar-refractivity contribution in [3.05, 3.63) is 24.3 Å². The maximum atomic E-state index is 6.16. The number of benzene rings is 1. The smallest absolute Gasteiger partial charge is 0.133 e. The third-order valence-electron chi connectivity index (χ3n) is 3.96. The third kappa shape index (κ3) is 3.90. The first-order valence-corrected chi connectivity index (χ1v) is 8.15. The van der Waals surface area contributed by atoms with Gasteiger partial charge >= 0.3 is 0 Å². The molecule has 1 N–H and O–H groups in total. The second-order valence-electron chi connectivity index (χ2n) is 5.81. The Hall–Kier alpha value is -0.710. The summed E-state index contributed by atoms with van der Waals surface area (Å²) >= 11 is 1.88. The Bertz CT molecular complexity index is 436. The molecule has 4 heteroatoms. The minimum atomic E-state index is -0.0746. The summed E-state index contributed by atoms with van der Waals surface area (Å²) in [6.07, 6.45) is 2.28. The van der Waals surface area contributed by atoms with Crippen molar-refractivity contribution < 1.29 is 9.47 Å². The van der Waals surface area contributed by atoms with Gasteiger partial charge in [0.25, 0.3) is 0 Å². The fraction of sp³-hybridized carbons (Fsp3) is 0.625. The summed E-state index contributed by atoms with van der Waals surface area (Å²) in [6.45, 7) is 4.26. The lowest BCUT2D eigenvalue weighted by molar-refractivity contribution is 0.00855. The van der Waals surface area contributed by atoms with E-state index in [0.717, 1.165) is 24.3 Å². The maximum absolute atomic E-state index is 6.16. The van der Waals surface area contributed by atoms with E-state index in [1.54, 1.807) is 7.11 Å². The van der Waals surface area contributed by atoms with Crippen LogP contribution < -0.4 is 10.1 Å². The predicted molar refractivity (Wildman–Crippen MR) is 84.8 cm³/mol. The highest BCUT2D eigenvalue weighted by Crippen LogP contribution is 2.36. The summed E-state index contributed by atoms with van der Waals surface area (Å²) < 4.78 is 11.7. The normalized spacial score (nSPS) is 20.1. The molecule has 0 saturated heterocycles. The Labute approximate surface area is 126 Å². The molecule has 1 aromatic carbocycles. The van der Waals surface area contributed by atoms with Crippen molar-refractivity contribution in [3.8, 4) is 5.75 Å². The molecule has 1 aliphatic rings. The van der Waals surface area contributed by atoms with Gasteiger partial charge in [0.1, 0.15) is 11.9 Å². The molecule has 2 unspecified atom stereocenters. The standard InChI is InChI=1S/C16H25NO2S/c1-16(2,18-4)10-9-12(17-3)14-11-20-15-8-6-5-7-13(15)19-14/h5-8,12,14,17H,9-11H2,1-4H3. The molecule has 0 spiro atoms. The Morgan fingerprint density at radius 3 is 2.90 bits per heavy atom. The lowest BCUT2D eigenvalue weighted by atomic mass is 9.96. The van der Waals surface area contributed by atoms with Gasteiger partial charge in [-0.15, -0.1) is 11.8 Å². The maximum Gasteiger partial charge on any atom is 0.133 e. The molecule has 112 valence electrons. The van der Waals surface area contributed by atoms with Crippen LogP contribution in [0.3, 0.4) is 0 Å². The van der Waals surface area contributed by atoms with Crippen LogP contribution in [0.2, 0.25) is 0 Å². The van der Waals surface area contributed by atoms with Gasteiger partial charge in [-0.2, -0.15) is 0 Å². The van der Waals surface area contributed by atoms with Crippen molar-refractivity contribution >= 4 is 11.8 Å². The number of ether oxygens (including phenoxy) is 2. The SMILES string of the molecule is CNC(CCC(C)(C)OC)C1CSc2ccccc2O1. The first kappa shape index (κ1) is 15.7. The molecule has 2 atom stereocenters. The van der Waals surface area contributed by atoms with Crippen LogP contribution in [0.25, 0.3) is 0 Å². The molecule has 3 nitrogen and oxygen atoms in total. The van der Waals surface area contributed by atoms with Gasteiger partial charge in [0.05, 0.1) is 5.60 Å². The molecule has 0 bridgehead atoms. The van der Waals surface area contributed by atoms with Crippen LogP contribution in [0, 0.1) is 0 Å². The van der Waals surface area contributed by atoms with Gasteiger partial charge in [0.2, 0.25) is 0 Å². The Kier molecular flexibility index (Phi) is 5.35. The van der Waals surface area contributed by atoms with Gasteiger partial charge in [-0.1, -0.05) is 12.1 Å². The fourth-order valence-electron chi connectivity index (χ4n) is 2.36. The first-order valence-electron chi connectivity index (χ1n) is 7.16. The summed E-state index contributed by atoms with van der Waals surface area (Å²) in [5, 5.41) is 3.41. The number of methoxy groups -OCH3 is 1. The van der Waals surface area contributed by atoms with E-state index in [0.29, 0.717) is 6.04 Å². The van der Waals surface area contributed by atoms with Gasteiger partial charge in [-0.05, 0) is 45.9 Å². The molecule has 1 heterocycles. The number of likely N-dealkylation sites (N-methyl/N-ethyl adjacent to an activating group) is 1. The van der Waals surface area contributed by atoms with E-state index in [4.69, 9.17) is 9.47 Å². The van der Waals surface area contributed by atoms with Crippen LogP contribution in [0.4, 0.5) is 0 Å². The molecular formula is C16H25NO2S. The monoisotopic (exact) mass is 295 g/mol. The summed E-state index contributed by atoms with van der Waals surface area (Å²) in [4.78, 5) is 1.25. The summed E-state index contributed by atoms with van der Waals surface area (Å²) in [7, 11) is 3.79. The number of fused-ring (bicyclic) bond motifs is 1. The number of rotatable bonds is 6. The average molecular weight is 295 g/mol. The van der Waals surface area contributed by atoms with E-state index in [1.165, 1.54) is 4.90 Å². The number of para-hydroxylation sites is 1. The van der Waals surface area contributed by atoms with Crippen LogP contribution in [0.15, 0.2) is 29.2 Å². The fourth-order valence-corrected chi connectivity index (χ4v) is 3.43. The van der Waals surface area contributed by atoms with Crippen molar-refractivity contribution in [2.45, 2.75) is 49.3 Å². The van der Waals surface area contributed by atoms with Crippen molar-refractivity contribution in [2.24, 2.45) is 0 Å². The number of thioether (sulfide) groups is 1. The zero-order valence-corrected chi connectivity index (χ0v) is 13.6. The molecule has 0 radical (unpaired) electrons. The average Bonchev–Trinajstić information content (AvgIpc) is 2.47. The largest absolute Gasteiger partial charge is 0.487 e. The van der Waals surface area contributed by atoms with E-state index in [1.807, 2.05) is 24.9 Å². The predicted octanol–water partition coefficient (Wildman–Crippen LogP) is 3.33. The number of hydrogen-bond acceptors (Lipinski definition) is 4. The molecule has 1 aromatic rings. The van der Waals surface area contributed by atoms with E-state index in [2.05, 4.69) is 37.4 Å². The van der Waals surface area contributed by atoms with E-state index in [-0.39, 0.29) is 11.7 Å². The topological polar surface area (TPSA) is 30.5 Å². The quantitative estimate of drug-likeness (QED) is 0.872. The summed E-state index contributed by atoms with van der Waals surface area (Å²) in [5.41, 5.74) is -0.0746. The van der Waals surface area contributed by atoms with Crippen LogP contribution >= 0.6 is 11.8 Å². The van der Waals surface area contributed by atoms with Crippen molar-refractivity contribution in [1.82, 2.24) is 5.32 Å². The molecule has 0 fully saturated rings. The van der Waals surface area contributed by atoms with Crippen molar-refractivity contribution in [3.63, 3.8) is 0 Å². The van der Waals surface area contributed by atoms with Gasteiger partial charge < -0.3 is 14.8 Å². The first-order chi connectivity index (χ1) is 9.55. The van der Waals surface area contributed by atoms with Gasteiger partial charge in [-0.25, -0.2) is 0 Å². The summed E-state index contributed by atoms with van der Waals surface area (Å²) in [6, 6.07) is 8.63. The minimum Gasteiger partial charge on any atom is -0.487 e. The summed E-state index contributed by atoms with van der Waals surface area (Å²) in [5.74, 6) is 2.01. The van der Waals surface area contributed by atoms with Gasteiger partial charge in [0, 0.05) is 23.8 Å². The van der Waals surface area contributed by atoms with Gasteiger partial charge in [0.15, 0.2) is 0 Å². The number of hydrogen-bond donors (Lipinski definition) is 1. The van der Waals surface area contributed by atoms with Crippen LogP contribution in [-0.4, -0.2) is 37.7 Å². The van der Waals surface area contributed by atoms with E-state index in [9.17, 15) is 0 Å². The molecule has 20 heavy (non-hydrogen) atoms. The number of nitrogens with one attached hydrogen (secondary N) is 1. The van der Waals surface area contributed by atoms with Gasteiger partial charge in [-0.3, -0.25) is 0 Å².